The third kappa shape index (κ3) is 3.82. The molecular formula is C22H32O8. The van der Waals surface area contributed by atoms with Crippen LogP contribution in [0.15, 0.2) is 23.8 Å². The van der Waals surface area contributed by atoms with Gasteiger partial charge in [0, 0.05) is 36.5 Å². The second-order valence-electron chi connectivity index (χ2n) is 8.61. The minimum absolute atomic E-state index is 0.126. The Bertz CT molecular complexity index is 745. The van der Waals surface area contributed by atoms with Gasteiger partial charge in [0.15, 0.2) is 5.79 Å². The molecule has 3 aliphatic heterocycles. The summed E-state index contributed by atoms with van der Waals surface area (Å²) in [7, 11) is 0. The maximum absolute atomic E-state index is 12.6. The molecule has 0 aromatic rings. The first-order valence-electron chi connectivity index (χ1n) is 10.5. The molecule has 0 spiro atoms. The van der Waals surface area contributed by atoms with Gasteiger partial charge in [-0.15, -0.1) is 0 Å². The van der Waals surface area contributed by atoms with Crippen molar-refractivity contribution in [1.29, 1.82) is 0 Å². The Morgan fingerprint density at radius 3 is 2.70 bits per heavy atom. The molecule has 0 amide bonds. The van der Waals surface area contributed by atoms with Gasteiger partial charge >= 0.3 is 11.9 Å². The van der Waals surface area contributed by atoms with E-state index in [1.807, 2.05) is 6.92 Å². The summed E-state index contributed by atoms with van der Waals surface area (Å²) in [5.41, 5.74) is -0.468. The summed E-state index contributed by atoms with van der Waals surface area (Å²) >= 11 is 0. The quantitative estimate of drug-likeness (QED) is 0.506. The van der Waals surface area contributed by atoms with Gasteiger partial charge in [-0.05, 0) is 34.1 Å². The Balaban J connectivity index is 2.06. The lowest BCUT2D eigenvalue weighted by atomic mass is 9.77. The monoisotopic (exact) mass is 424 g/mol. The molecule has 3 aliphatic rings. The van der Waals surface area contributed by atoms with E-state index in [1.54, 1.807) is 26.8 Å². The van der Waals surface area contributed by atoms with Crippen molar-refractivity contribution in [3.05, 3.63) is 23.8 Å². The molecule has 3 fully saturated rings. The van der Waals surface area contributed by atoms with Crippen LogP contribution < -0.4 is 0 Å². The second-order valence-corrected chi connectivity index (χ2v) is 8.61. The molecule has 2 N–H and O–H groups in total. The summed E-state index contributed by atoms with van der Waals surface area (Å²) in [6.07, 6.45) is -0.206. The summed E-state index contributed by atoms with van der Waals surface area (Å²) in [6, 6.07) is 0. The smallest absolute Gasteiger partial charge is 0.334 e. The maximum atomic E-state index is 12.6. The van der Waals surface area contributed by atoms with Crippen molar-refractivity contribution in [2.75, 3.05) is 13.2 Å². The number of allylic oxidation sites excluding steroid dienone is 1. The lowest BCUT2D eigenvalue weighted by molar-refractivity contribution is -0.283. The lowest BCUT2D eigenvalue weighted by Gasteiger charge is -2.38. The SMILES string of the molecule is C=C1C(=O)O[C@H]2C[C@H](CO)[C@@]3(OCC)C[C@@H](O)[C@@](C)(C[C@@H](OC(=O)/C(C)=C\C)[C@@H]12)O3. The molecule has 0 saturated carbocycles. The summed E-state index contributed by atoms with van der Waals surface area (Å²) in [5.74, 6) is -3.44. The molecule has 168 valence electrons. The van der Waals surface area contributed by atoms with Gasteiger partial charge in [0.2, 0.25) is 0 Å². The fraction of sp³-hybridized carbons (Fsp3) is 0.727. The van der Waals surface area contributed by atoms with Crippen LogP contribution >= 0.6 is 0 Å². The number of esters is 2. The highest BCUT2D eigenvalue weighted by atomic mass is 16.7. The molecule has 7 atom stereocenters. The fourth-order valence-electron chi connectivity index (χ4n) is 4.84. The Hall–Kier alpha value is -1.74. The molecule has 0 aromatic carbocycles. The number of hydrogen-bond acceptors (Lipinski definition) is 8. The van der Waals surface area contributed by atoms with Gasteiger partial charge < -0.3 is 29.2 Å². The molecule has 3 saturated heterocycles. The zero-order chi connectivity index (χ0) is 22.3. The third-order valence-electron chi connectivity index (χ3n) is 6.68. The van der Waals surface area contributed by atoms with Crippen molar-refractivity contribution < 1.29 is 38.7 Å². The topological polar surface area (TPSA) is 112 Å². The van der Waals surface area contributed by atoms with Gasteiger partial charge in [0.05, 0.1) is 24.2 Å². The van der Waals surface area contributed by atoms with Crippen LogP contribution in [0.3, 0.4) is 0 Å². The van der Waals surface area contributed by atoms with E-state index in [0.717, 1.165) is 0 Å². The normalized spacial score (nSPS) is 41.5. The molecule has 2 bridgehead atoms. The number of fused-ring (bicyclic) bond motifs is 3. The van der Waals surface area contributed by atoms with Crippen LogP contribution in [0.5, 0.6) is 0 Å². The van der Waals surface area contributed by atoms with Gasteiger partial charge in [-0.3, -0.25) is 0 Å². The van der Waals surface area contributed by atoms with E-state index in [0.29, 0.717) is 12.2 Å². The highest BCUT2D eigenvalue weighted by Crippen LogP contribution is 2.51. The van der Waals surface area contributed by atoms with Crippen molar-refractivity contribution in [1.82, 2.24) is 0 Å². The zero-order valence-corrected chi connectivity index (χ0v) is 18.1. The Morgan fingerprint density at radius 2 is 2.10 bits per heavy atom. The molecule has 0 aliphatic carbocycles. The highest BCUT2D eigenvalue weighted by Gasteiger charge is 2.62. The summed E-state index contributed by atoms with van der Waals surface area (Å²) in [6.45, 7) is 10.8. The summed E-state index contributed by atoms with van der Waals surface area (Å²) in [4.78, 5) is 24.9. The summed E-state index contributed by atoms with van der Waals surface area (Å²) in [5, 5.41) is 21.1. The van der Waals surface area contributed by atoms with Gasteiger partial charge in [0.25, 0.3) is 0 Å². The Labute approximate surface area is 176 Å². The van der Waals surface area contributed by atoms with Crippen LogP contribution in [-0.4, -0.2) is 65.1 Å². The van der Waals surface area contributed by atoms with Gasteiger partial charge in [0.1, 0.15) is 12.2 Å². The second kappa shape index (κ2) is 8.42. The van der Waals surface area contributed by atoms with Crippen LogP contribution in [0.25, 0.3) is 0 Å². The van der Waals surface area contributed by atoms with Crippen LogP contribution in [0.4, 0.5) is 0 Å². The van der Waals surface area contributed by atoms with Crippen LogP contribution in [0.1, 0.15) is 47.0 Å². The average Bonchev–Trinajstić information content (AvgIpc) is 3.12. The van der Waals surface area contributed by atoms with Crippen LogP contribution in [0.2, 0.25) is 0 Å². The number of hydrogen-bond donors (Lipinski definition) is 2. The van der Waals surface area contributed by atoms with E-state index in [2.05, 4.69) is 6.58 Å². The lowest BCUT2D eigenvalue weighted by Crippen LogP contribution is -2.46. The van der Waals surface area contributed by atoms with Crippen molar-refractivity contribution in [2.45, 2.75) is 76.7 Å². The highest BCUT2D eigenvalue weighted by molar-refractivity contribution is 5.91. The fourth-order valence-corrected chi connectivity index (χ4v) is 4.84. The molecule has 0 unspecified atom stereocenters. The number of carbonyl (C=O) groups excluding carboxylic acids is 2. The van der Waals surface area contributed by atoms with Gasteiger partial charge in [-0.25, -0.2) is 9.59 Å². The number of aliphatic hydroxyl groups is 2. The predicted molar refractivity (Wildman–Crippen MR) is 106 cm³/mol. The number of rotatable bonds is 5. The van der Waals surface area contributed by atoms with E-state index in [4.69, 9.17) is 18.9 Å². The van der Waals surface area contributed by atoms with E-state index in [-0.39, 0.29) is 31.4 Å². The molecule has 3 rings (SSSR count). The van der Waals surface area contributed by atoms with Crippen molar-refractivity contribution >= 4 is 11.9 Å². The Morgan fingerprint density at radius 1 is 1.40 bits per heavy atom. The molecule has 8 heteroatoms. The standard InChI is InChI=1S/C22H32O8/c1-6-12(3)19(25)29-16-9-21(5)17(24)10-22(30-21,27-7-2)14(11-23)8-15-18(16)13(4)20(26)28-15/h6,14-18,23-24H,4,7-11H2,1-3,5H3/b12-6-/t14-,15+,16-,17-,18+,21-,22-/m1/s1. The van der Waals surface area contributed by atoms with Crippen LogP contribution in [-0.2, 0) is 28.5 Å². The van der Waals surface area contributed by atoms with Crippen molar-refractivity contribution in [3.63, 3.8) is 0 Å². The molecule has 0 radical (unpaired) electrons. The molecule has 0 aromatic heterocycles. The summed E-state index contributed by atoms with van der Waals surface area (Å²) < 4.78 is 23.6. The van der Waals surface area contributed by atoms with E-state index >= 15 is 0 Å². The van der Waals surface area contributed by atoms with E-state index in [1.165, 1.54) is 0 Å². The van der Waals surface area contributed by atoms with Crippen molar-refractivity contribution in [2.24, 2.45) is 11.8 Å². The van der Waals surface area contributed by atoms with Crippen LogP contribution in [0, 0.1) is 11.8 Å². The van der Waals surface area contributed by atoms with Gasteiger partial charge in [-0.1, -0.05) is 12.7 Å². The minimum Gasteiger partial charge on any atom is -0.458 e. The first kappa shape index (κ1) is 22.9. The Kier molecular flexibility index (Phi) is 6.43. The minimum atomic E-state index is -1.23. The third-order valence-corrected chi connectivity index (χ3v) is 6.68. The van der Waals surface area contributed by atoms with Gasteiger partial charge in [-0.2, -0.15) is 0 Å². The number of aliphatic hydroxyl groups excluding tert-OH is 2. The molecule has 8 nitrogen and oxygen atoms in total. The molecule has 30 heavy (non-hydrogen) atoms. The van der Waals surface area contributed by atoms with E-state index in [9.17, 15) is 19.8 Å². The molecular weight excluding hydrogens is 392 g/mol. The van der Waals surface area contributed by atoms with E-state index < -0.39 is 53.5 Å². The first-order valence-corrected chi connectivity index (χ1v) is 10.5. The number of ether oxygens (including phenoxy) is 4. The van der Waals surface area contributed by atoms with Crippen molar-refractivity contribution in [3.8, 4) is 0 Å². The molecule has 3 heterocycles. The zero-order valence-electron chi connectivity index (χ0n) is 18.1. The predicted octanol–water partition coefficient (Wildman–Crippen LogP) is 1.64. The average molecular weight is 424 g/mol. The number of carbonyl (C=O) groups is 2. The maximum Gasteiger partial charge on any atom is 0.334 e. The first-order chi connectivity index (χ1) is 14.1. The largest absolute Gasteiger partial charge is 0.458 e.